The number of hydrogen-bond donors (Lipinski definition) is 0. The number of benzene rings is 1. The van der Waals surface area contributed by atoms with Gasteiger partial charge < -0.3 is 9.64 Å². The van der Waals surface area contributed by atoms with E-state index in [-0.39, 0.29) is 0 Å². The molecule has 2 rings (SSSR count). The molecule has 0 aromatic heterocycles. The first-order valence-corrected chi connectivity index (χ1v) is 8.30. The van der Waals surface area contributed by atoms with Gasteiger partial charge in [0.15, 0.2) is 0 Å². The molecule has 1 aromatic carbocycles. The van der Waals surface area contributed by atoms with Gasteiger partial charge in [-0.1, -0.05) is 30.7 Å². The van der Waals surface area contributed by atoms with Gasteiger partial charge in [-0.3, -0.25) is 0 Å². The summed E-state index contributed by atoms with van der Waals surface area (Å²) in [4.78, 5) is 2.22. The number of nitrogens with zero attached hydrogens (tertiary/aromatic N) is 1. The van der Waals surface area contributed by atoms with E-state index in [1.165, 1.54) is 23.0 Å². The Kier molecular flexibility index (Phi) is 6.71. The largest absolute Gasteiger partial charge is 0.497 e. The smallest absolute Gasteiger partial charge is 0.118 e. The van der Waals surface area contributed by atoms with Crippen LogP contribution in [0.15, 0.2) is 35.9 Å². The monoisotopic (exact) mass is 310 g/mol. The van der Waals surface area contributed by atoms with E-state index in [4.69, 9.17) is 4.74 Å². The number of ether oxygens (including phenoxy) is 1. The quantitative estimate of drug-likeness (QED) is 0.736. The van der Waals surface area contributed by atoms with E-state index in [2.05, 4.69) is 82.4 Å². The summed E-state index contributed by atoms with van der Waals surface area (Å²) in [5, 5.41) is 0. The van der Waals surface area contributed by atoms with E-state index in [1.807, 2.05) is 0 Å². The van der Waals surface area contributed by atoms with Crippen molar-refractivity contribution in [3.05, 3.63) is 72.6 Å². The summed E-state index contributed by atoms with van der Waals surface area (Å²) in [6.45, 7) is 5.37. The highest BCUT2D eigenvalue weighted by atomic mass is 16.5. The van der Waals surface area contributed by atoms with Gasteiger partial charge in [-0.05, 0) is 64.4 Å². The molecule has 1 aliphatic carbocycles. The van der Waals surface area contributed by atoms with Crippen LogP contribution in [0.3, 0.4) is 0 Å². The van der Waals surface area contributed by atoms with Gasteiger partial charge in [0.25, 0.3) is 0 Å². The van der Waals surface area contributed by atoms with Crippen LogP contribution in [0.25, 0.3) is 0 Å². The van der Waals surface area contributed by atoms with Gasteiger partial charge in [0.2, 0.25) is 0 Å². The molecule has 1 atom stereocenters. The van der Waals surface area contributed by atoms with Gasteiger partial charge in [0, 0.05) is 24.3 Å². The lowest BCUT2D eigenvalue weighted by molar-refractivity contribution is 0.414. The van der Waals surface area contributed by atoms with Crippen LogP contribution in [0.1, 0.15) is 31.7 Å². The zero-order valence-electron chi connectivity index (χ0n) is 15.0. The zero-order valence-corrected chi connectivity index (χ0v) is 15.0. The van der Waals surface area contributed by atoms with Crippen LogP contribution in [0.2, 0.25) is 0 Å². The van der Waals surface area contributed by atoms with Crippen LogP contribution < -0.4 is 4.74 Å². The molecule has 1 saturated carbocycles. The fourth-order valence-electron chi connectivity index (χ4n) is 3.23. The number of hydrogen-bond acceptors (Lipinski definition) is 2. The fraction of sp³-hybridized carbons (Fsp3) is 0.381. The lowest BCUT2D eigenvalue weighted by Gasteiger charge is -2.29. The lowest BCUT2D eigenvalue weighted by atomic mass is 9.77. The highest BCUT2D eigenvalue weighted by Gasteiger charge is 2.34. The van der Waals surface area contributed by atoms with Crippen molar-refractivity contribution in [3.8, 4) is 5.75 Å². The minimum Gasteiger partial charge on any atom is -0.497 e. The first-order chi connectivity index (χ1) is 11.1. The Bertz CT molecular complexity index is 503. The third-order valence-corrected chi connectivity index (χ3v) is 4.32. The lowest BCUT2D eigenvalue weighted by Crippen LogP contribution is -2.24. The molecular weight excluding hydrogens is 282 g/mol. The van der Waals surface area contributed by atoms with Crippen molar-refractivity contribution in [2.45, 2.75) is 26.2 Å². The number of allylic oxidation sites excluding steroid dienone is 2. The SMILES string of the molecule is C/C=C(\[C]1[CH][CH][CH][C]1CN(C)C)[C@@H](CC)c1ccc(OC)cc1. The van der Waals surface area contributed by atoms with Gasteiger partial charge >= 0.3 is 0 Å². The van der Waals surface area contributed by atoms with Crippen LogP contribution in [0.4, 0.5) is 0 Å². The van der Waals surface area contributed by atoms with Gasteiger partial charge in [0.05, 0.1) is 7.11 Å². The summed E-state index contributed by atoms with van der Waals surface area (Å²) in [7, 11) is 5.95. The molecular formula is C21H28NO. The van der Waals surface area contributed by atoms with E-state index < -0.39 is 0 Å². The molecule has 23 heavy (non-hydrogen) atoms. The van der Waals surface area contributed by atoms with E-state index in [9.17, 15) is 0 Å². The van der Waals surface area contributed by atoms with Crippen LogP contribution in [0, 0.1) is 31.1 Å². The molecule has 0 spiro atoms. The van der Waals surface area contributed by atoms with Crippen LogP contribution in [-0.4, -0.2) is 32.6 Å². The predicted molar refractivity (Wildman–Crippen MR) is 97.7 cm³/mol. The Morgan fingerprint density at radius 3 is 2.39 bits per heavy atom. The van der Waals surface area contributed by atoms with E-state index >= 15 is 0 Å². The normalized spacial score (nSPS) is 18.6. The highest BCUT2D eigenvalue weighted by molar-refractivity contribution is 5.57. The molecule has 5 radical (unpaired) electrons. The minimum atomic E-state index is 0.411. The van der Waals surface area contributed by atoms with Gasteiger partial charge in [-0.15, -0.1) is 0 Å². The third-order valence-electron chi connectivity index (χ3n) is 4.32. The van der Waals surface area contributed by atoms with Crippen LogP contribution in [0.5, 0.6) is 5.75 Å². The van der Waals surface area contributed by atoms with Crippen molar-refractivity contribution >= 4 is 0 Å². The Morgan fingerprint density at radius 1 is 1.17 bits per heavy atom. The molecule has 0 unspecified atom stereocenters. The first-order valence-electron chi connectivity index (χ1n) is 8.30. The third kappa shape index (κ3) is 4.38. The van der Waals surface area contributed by atoms with E-state index in [0.717, 1.165) is 18.7 Å². The predicted octanol–water partition coefficient (Wildman–Crippen LogP) is 4.47. The standard InChI is InChI=1S/C21H28NO/c1-6-19(16-11-13-18(23-5)14-12-16)20(7-2)21-10-8-9-17(21)15-22(3)4/h7-14,19H,6,15H2,1-5H3/b20-7-/t19-/m0/s1. The molecule has 1 fully saturated rings. The van der Waals surface area contributed by atoms with Crippen molar-refractivity contribution in [2.75, 3.05) is 27.7 Å². The van der Waals surface area contributed by atoms with Gasteiger partial charge in [-0.25, -0.2) is 0 Å². The van der Waals surface area contributed by atoms with E-state index in [1.54, 1.807) is 7.11 Å². The maximum Gasteiger partial charge on any atom is 0.118 e. The second-order valence-electron chi connectivity index (χ2n) is 6.18. The van der Waals surface area contributed by atoms with Crippen molar-refractivity contribution < 1.29 is 4.74 Å². The molecule has 0 N–H and O–H groups in total. The molecule has 1 aliphatic rings. The maximum absolute atomic E-state index is 5.28. The Balaban J connectivity index is 2.22. The zero-order chi connectivity index (χ0) is 16.8. The molecule has 0 aliphatic heterocycles. The molecule has 0 saturated heterocycles. The fourth-order valence-corrected chi connectivity index (χ4v) is 3.23. The molecule has 2 nitrogen and oxygen atoms in total. The van der Waals surface area contributed by atoms with Crippen molar-refractivity contribution in [1.29, 1.82) is 0 Å². The molecule has 0 heterocycles. The number of rotatable bonds is 7. The second kappa shape index (κ2) is 8.54. The Morgan fingerprint density at radius 2 is 1.87 bits per heavy atom. The molecule has 2 heteroatoms. The summed E-state index contributed by atoms with van der Waals surface area (Å²) in [5.41, 5.74) is 2.76. The average molecular weight is 310 g/mol. The van der Waals surface area contributed by atoms with Crippen LogP contribution in [-0.2, 0) is 0 Å². The van der Waals surface area contributed by atoms with Crippen molar-refractivity contribution in [3.63, 3.8) is 0 Å². The summed E-state index contributed by atoms with van der Waals surface area (Å²) in [6.07, 6.45) is 10.0. The van der Waals surface area contributed by atoms with Crippen LogP contribution >= 0.6 is 0 Å². The van der Waals surface area contributed by atoms with E-state index in [0.29, 0.717) is 5.92 Å². The van der Waals surface area contributed by atoms with Crippen molar-refractivity contribution in [2.24, 2.45) is 0 Å². The van der Waals surface area contributed by atoms with Crippen molar-refractivity contribution in [1.82, 2.24) is 4.90 Å². The summed E-state index contributed by atoms with van der Waals surface area (Å²) in [6, 6.07) is 8.48. The molecule has 0 bridgehead atoms. The van der Waals surface area contributed by atoms with Gasteiger partial charge in [-0.2, -0.15) is 0 Å². The molecule has 123 valence electrons. The Hall–Kier alpha value is -1.28. The highest BCUT2D eigenvalue weighted by Crippen LogP contribution is 2.45. The maximum atomic E-state index is 5.28. The number of methoxy groups -OCH3 is 1. The second-order valence-corrected chi connectivity index (χ2v) is 6.18. The summed E-state index contributed by atoms with van der Waals surface area (Å²) >= 11 is 0. The average Bonchev–Trinajstić information content (AvgIpc) is 2.99. The van der Waals surface area contributed by atoms with Gasteiger partial charge in [0.1, 0.15) is 5.75 Å². The summed E-state index contributed by atoms with van der Waals surface area (Å²) < 4.78 is 5.28. The first kappa shape index (κ1) is 18.1. The summed E-state index contributed by atoms with van der Waals surface area (Å²) in [5.74, 6) is 4.10. The minimum absolute atomic E-state index is 0.411. The molecule has 0 amide bonds. The Labute approximate surface area is 142 Å². The molecule has 1 aromatic rings. The topological polar surface area (TPSA) is 12.5 Å².